The summed E-state index contributed by atoms with van der Waals surface area (Å²) < 4.78 is 26.9. The van der Waals surface area contributed by atoms with Crippen molar-refractivity contribution in [2.24, 2.45) is 5.92 Å². The molecular formula is C16H18F2N2O2. The normalized spacial score (nSPS) is 30.7. The van der Waals surface area contributed by atoms with Crippen molar-refractivity contribution in [3.63, 3.8) is 0 Å². The quantitative estimate of drug-likeness (QED) is 0.924. The molecule has 2 fully saturated rings. The smallest absolute Gasteiger partial charge is 0.251 e. The summed E-state index contributed by atoms with van der Waals surface area (Å²) in [6, 6.07) is 7.85. The molecule has 0 aromatic heterocycles. The highest BCUT2D eigenvalue weighted by molar-refractivity contribution is 5.94. The molecule has 4 nitrogen and oxygen atoms in total. The van der Waals surface area contributed by atoms with E-state index in [-0.39, 0.29) is 43.7 Å². The lowest BCUT2D eigenvalue weighted by Gasteiger charge is -2.31. The Hall–Kier alpha value is -1.98. The Bertz CT molecular complexity index is 561. The molecule has 1 aromatic rings. The van der Waals surface area contributed by atoms with Crippen molar-refractivity contribution in [1.82, 2.24) is 10.2 Å². The van der Waals surface area contributed by atoms with Crippen LogP contribution >= 0.6 is 0 Å². The summed E-state index contributed by atoms with van der Waals surface area (Å²) >= 11 is 0. The predicted molar refractivity (Wildman–Crippen MR) is 76.8 cm³/mol. The van der Waals surface area contributed by atoms with Crippen LogP contribution in [0, 0.1) is 5.92 Å². The van der Waals surface area contributed by atoms with Gasteiger partial charge in [0, 0.05) is 18.0 Å². The minimum atomic E-state index is -1.29. The summed E-state index contributed by atoms with van der Waals surface area (Å²) in [6.07, 6.45) is -1.75. The van der Waals surface area contributed by atoms with Crippen LogP contribution in [0.3, 0.4) is 0 Å². The van der Waals surface area contributed by atoms with E-state index in [1.54, 1.807) is 30.3 Å². The summed E-state index contributed by atoms with van der Waals surface area (Å²) in [5.41, 5.74) is 0.457. The highest BCUT2D eigenvalue weighted by atomic mass is 19.1. The fourth-order valence-corrected chi connectivity index (χ4v) is 2.93. The summed E-state index contributed by atoms with van der Waals surface area (Å²) in [5, 5.41) is 2.63. The molecule has 1 aliphatic carbocycles. The molecule has 1 aliphatic heterocycles. The Morgan fingerprint density at radius 1 is 1.09 bits per heavy atom. The Balaban J connectivity index is 1.57. The molecular weight excluding hydrogens is 290 g/mol. The van der Waals surface area contributed by atoms with Gasteiger partial charge in [0.2, 0.25) is 5.91 Å². The van der Waals surface area contributed by atoms with Crippen LogP contribution in [0.25, 0.3) is 0 Å². The van der Waals surface area contributed by atoms with Crippen molar-refractivity contribution in [1.29, 1.82) is 0 Å². The first-order valence-electron chi connectivity index (χ1n) is 7.47. The molecule has 1 heterocycles. The van der Waals surface area contributed by atoms with Crippen LogP contribution in [0.15, 0.2) is 30.3 Å². The van der Waals surface area contributed by atoms with Gasteiger partial charge < -0.3 is 10.2 Å². The topological polar surface area (TPSA) is 49.4 Å². The van der Waals surface area contributed by atoms with E-state index in [0.29, 0.717) is 5.56 Å². The van der Waals surface area contributed by atoms with E-state index in [2.05, 4.69) is 5.32 Å². The number of likely N-dealkylation sites (tertiary alicyclic amines) is 1. The molecule has 118 valence electrons. The van der Waals surface area contributed by atoms with Gasteiger partial charge in [-0.1, -0.05) is 18.2 Å². The lowest BCUT2D eigenvalue weighted by Crippen LogP contribution is -2.44. The van der Waals surface area contributed by atoms with E-state index >= 15 is 0 Å². The molecule has 1 N–H and O–H groups in total. The van der Waals surface area contributed by atoms with Crippen molar-refractivity contribution >= 4 is 11.8 Å². The molecule has 0 bridgehead atoms. The Labute approximate surface area is 127 Å². The molecule has 1 aromatic carbocycles. The minimum Gasteiger partial charge on any atom is -0.345 e. The summed E-state index contributed by atoms with van der Waals surface area (Å²) in [4.78, 5) is 25.5. The van der Waals surface area contributed by atoms with Crippen molar-refractivity contribution in [3.05, 3.63) is 35.9 Å². The molecule has 2 atom stereocenters. The van der Waals surface area contributed by atoms with Crippen LogP contribution in [0.1, 0.15) is 23.2 Å². The number of rotatable bonds is 3. The van der Waals surface area contributed by atoms with Gasteiger partial charge >= 0.3 is 0 Å². The van der Waals surface area contributed by atoms with E-state index in [0.717, 1.165) is 0 Å². The number of nitrogens with zero attached hydrogens (tertiary/aromatic N) is 1. The molecule has 1 saturated heterocycles. The first-order valence-corrected chi connectivity index (χ1v) is 7.47. The third kappa shape index (κ3) is 2.96. The predicted octanol–water partition coefficient (Wildman–Crippen LogP) is 1.71. The van der Waals surface area contributed by atoms with Gasteiger partial charge in [0.05, 0.1) is 12.6 Å². The molecule has 0 radical (unpaired) electrons. The molecule has 22 heavy (non-hydrogen) atoms. The number of hydrogen-bond donors (Lipinski definition) is 1. The molecule has 6 heteroatoms. The van der Waals surface area contributed by atoms with Crippen LogP contribution in [-0.2, 0) is 4.79 Å². The van der Waals surface area contributed by atoms with Gasteiger partial charge in [-0.05, 0) is 25.0 Å². The van der Waals surface area contributed by atoms with Crippen molar-refractivity contribution in [2.75, 3.05) is 13.1 Å². The van der Waals surface area contributed by atoms with Crippen molar-refractivity contribution in [2.45, 2.75) is 31.2 Å². The van der Waals surface area contributed by atoms with E-state index < -0.39 is 18.4 Å². The first-order chi connectivity index (χ1) is 10.5. The fraction of sp³-hybridized carbons (Fsp3) is 0.500. The molecule has 1 saturated carbocycles. The lowest BCUT2D eigenvalue weighted by molar-refractivity contribution is -0.139. The number of alkyl halides is 2. The lowest BCUT2D eigenvalue weighted by atomic mass is 9.82. The van der Waals surface area contributed by atoms with Crippen LogP contribution in [0.4, 0.5) is 8.78 Å². The number of carbonyl (C=O) groups is 2. The van der Waals surface area contributed by atoms with Crippen LogP contribution in [-0.4, -0.2) is 48.2 Å². The van der Waals surface area contributed by atoms with Crippen LogP contribution < -0.4 is 5.32 Å². The standard InChI is InChI=1S/C16H18F2N2O2/c17-12-6-11(7-12)16(22)20-8-13(18)14(9-20)19-15(21)10-4-2-1-3-5-10/h1-5,11-14H,6-9H2,(H,19,21)/t11?,12?,13-,14+/m0/s1. The molecule has 0 unspecified atom stereocenters. The van der Waals surface area contributed by atoms with E-state index in [1.807, 2.05) is 0 Å². The van der Waals surface area contributed by atoms with E-state index in [4.69, 9.17) is 0 Å². The number of hydrogen-bond acceptors (Lipinski definition) is 2. The third-order valence-corrected chi connectivity index (χ3v) is 4.34. The van der Waals surface area contributed by atoms with Crippen molar-refractivity contribution < 1.29 is 18.4 Å². The summed E-state index contributed by atoms with van der Waals surface area (Å²) in [7, 11) is 0. The second-order valence-electron chi connectivity index (χ2n) is 5.97. The fourth-order valence-electron chi connectivity index (χ4n) is 2.93. The Kier molecular flexibility index (Phi) is 4.09. The number of nitrogens with one attached hydrogen (secondary N) is 1. The highest BCUT2D eigenvalue weighted by Gasteiger charge is 2.42. The second-order valence-corrected chi connectivity index (χ2v) is 5.97. The summed E-state index contributed by atoms with van der Waals surface area (Å²) in [5.74, 6) is -0.881. The van der Waals surface area contributed by atoms with Gasteiger partial charge in [-0.2, -0.15) is 0 Å². The highest BCUT2D eigenvalue weighted by Crippen LogP contribution is 2.32. The first kappa shape index (κ1) is 14.9. The van der Waals surface area contributed by atoms with E-state index in [1.165, 1.54) is 4.90 Å². The molecule has 0 spiro atoms. The van der Waals surface area contributed by atoms with Gasteiger partial charge in [-0.25, -0.2) is 8.78 Å². The average Bonchev–Trinajstić information content (AvgIpc) is 2.85. The molecule has 3 rings (SSSR count). The van der Waals surface area contributed by atoms with Crippen LogP contribution in [0.5, 0.6) is 0 Å². The number of amides is 2. The zero-order valence-electron chi connectivity index (χ0n) is 12.0. The largest absolute Gasteiger partial charge is 0.345 e. The van der Waals surface area contributed by atoms with Gasteiger partial charge in [-0.15, -0.1) is 0 Å². The number of benzene rings is 1. The number of halogens is 2. The third-order valence-electron chi connectivity index (χ3n) is 4.34. The maximum absolute atomic E-state index is 14.1. The molecule has 2 amide bonds. The van der Waals surface area contributed by atoms with Crippen molar-refractivity contribution in [3.8, 4) is 0 Å². The van der Waals surface area contributed by atoms with Gasteiger partial charge in [-0.3, -0.25) is 9.59 Å². The SMILES string of the molecule is O=C(N[C@@H]1CN(C(=O)C2CC(F)C2)C[C@@H]1F)c1ccccc1. The number of carbonyl (C=O) groups excluding carboxylic acids is 2. The van der Waals surface area contributed by atoms with Gasteiger partial charge in [0.25, 0.3) is 5.91 Å². The maximum atomic E-state index is 14.1. The minimum absolute atomic E-state index is 0.0357. The van der Waals surface area contributed by atoms with Gasteiger partial charge in [0.15, 0.2) is 0 Å². The van der Waals surface area contributed by atoms with Gasteiger partial charge in [0.1, 0.15) is 12.3 Å². The Morgan fingerprint density at radius 2 is 1.77 bits per heavy atom. The molecule has 2 aliphatic rings. The zero-order chi connectivity index (χ0) is 15.7. The zero-order valence-corrected chi connectivity index (χ0v) is 12.0. The van der Waals surface area contributed by atoms with Crippen LogP contribution in [0.2, 0.25) is 0 Å². The van der Waals surface area contributed by atoms with E-state index in [9.17, 15) is 18.4 Å². The maximum Gasteiger partial charge on any atom is 0.251 e. The second kappa shape index (κ2) is 6.02. The summed E-state index contributed by atoms with van der Waals surface area (Å²) in [6.45, 7) is 0.109. The average molecular weight is 308 g/mol. The Morgan fingerprint density at radius 3 is 2.41 bits per heavy atom. The monoisotopic (exact) mass is 308 g/mol.